The molecule has 0 saturated carbocycles. The van der Waals surface area contributed by atoms with Gasteiger partial charge in [0.15, 0.2) is 0 Å². The lowest BCUT2D eigenvalue weighted by Gasteiger charge is -2.15. The van der Waals surface area contributed by atoms with Crippen LogP contribution in [0.3, 0.4) is 0 Å². The topological polar surface area (TPSA) is 29.1 Å². The summed E-state index contributed by atoms with van der Waals surface area (Å²) in [6, 6.07) is 18.3. The average Bonchev–Trinajstić information content (AvgIpc) is 2.65. The van der Waals surface area contributed by atoms with Gasteiger partial charge in [-0.05, 0) is 40.8 Å². The maximum Gasteiger partial charge on any atom is 0.257 e. The van der Waals surface area contributed by atoms with Crippen molar-refractivity contribution in [1.29, 1.82) is 0 Å². The summed E-state index contributed by atoms with van der Waals surface area (Å²) in [6.07, 6.45) is 0. The van der Waals surface area contributed by atoms with E-state index < -0.39 is 23.1 Å². The Morgan fingerprint density at radius 1 is 0.880 bits per heavy atom. The minimum absolute atomic E-state index is 0.239. The van der Waals surface area contributed by atoms with Crippen LogP contribution in [0.5, 0.6) is 0 Å². The molecule has 0 saturated heterocycles. The quantitative estimate of drug-likeness (QED) is 0.718. The molecule has 0 fully saturated rings. The highest BCUT2D eigenvalue weighted by molar-refractivity contribution is 5.96. The number of nitrogens with one attached hydrogen (secondary N) is 1. The third-order valence-electron chi connectivity index (χ3n) is 4.22. The van der Waals surface area contributed by atoms with E-state index in [1.54, 1.807) is 6.92 Å². The molecule has 4 heteroatoms. The number of hydrogen-bond donors (Lipinski definition) is 1. The van der Waals surface area contributed by atoms with Gasteiger partial charge in [-0.1, -0.05) is 54.6 Å². The van der Waals surface area contributed by atoms with Gasteiger partial charge in [0.05, 0.1) is 0 Å². The standard InChI is InChI=1S/C21H17F2NO/c1-13-17(12-18(22)19(20(13)23)21(25)24-2)16-11-7-6-10-15(16)14-8-4-3-5-9-14/h3-12H,1-2H3,(H,24,25). The van der Waals surface area contributed by atoms with Crippen molar-refractivity contribution in [1.82, 2.24) is 5.32 Å². The summed E-state index contributed by atoms with van der Waals surface area (Å²) in [5.41, 5.74) is 2.66. The van der Waals surface area contributed by atoms with E-state index in [4.69, 9.17) is 0 Å². The molecule has 3 aromatic carbocycles. The number of hydrogen-bond acceptors (Lipinski definition) is 1. The molecule has 126 valence electrons. The minimum Gasteiger partial charge on any atom is -0.355 e. The van der Waals surface area contributed by atoms with Gasteiger partial charge in [-0.3, -0.25) is 4.79 Å². The molecular formula is C21H17F2NO. The molecule has 0 bridgehead atoms. The second-order valence-corrected chi connectivity index (χ2v) is 5.71. The van der Waals surface area contributed by atoms with Crippen LogP contribution in [-0.2, 0) is 0 Å². The monoisotopic (exact) mass is 337 g/mol. The van der Waals surface area contributed by atoms with E-state index in [1.807, 2.05) is 54.6 Å². The summed E-state index contributed by atoms with van der Waals surface area (Å²) in [4.78, 5) is 11.8. The van der Waals surface area contributed by atoms with Gasteiger partial charge in [0.2, 0.25) is 0 Å². The van der Waals surface area contributed by atoms with Gasteiger partial charge in [-0.15, -0.1) is 0 Å². The van der Waals surface area contributed by atoms with Gasteiger partial charge < -0.3 is 5.32 Å². The first kappa shape index (κ1) is 16.8. The molecule has 0 unspecified atom stereocenters. The average molecular weight is 337 g/mol. The molecule has 0 radical (unpaired) electrons. The molecule has 1 amide bonds. The normalized spacial score (nSPS) is 10.6. The lowest BCUT2D eigenvalue weighted by atomic mass is 9.90. The number of benzene rings is 3. The fraction of sp³-hybridized carbons (Fsp3) is 0.0952. The third kappa shape index (κ3) is 3.03. The molecule has 25 heavy (non-hydrogen) atoms. The Morgan fingerprint density at radius 2 is 1.48 bits per heavy atom. The molecule has 0 aliphatic heterocycles. The van der Waals surface area contributed by atoms with Gasteiger partial charge in [0, 0.05) is 7.05 Å². The molecule has 1 N–H and O–H groups in total. The molecule has 0 heterocycles. The number of carbonyl (C=O) groups is 1. The van der Waals surface area contributed by atoms with E-state index in [0.717, 1.165) is 11.1 Å². The van der Waals surface area contributed by atoms with Crippen molar-refractivity contribution in [3.63, 3.8) is 0 Å². The third-order valence-corrected chi connectivity index (χ3v) is 4.22. The second kappa shape index (κ2) is 6.85. The summed E-state index contributed by atoms with van der Waals surface area (Å²) in [5, 5.41) is 2.27. The molecule has 0 atom stereocenters. The Labute approximate surface area is 145 Å². The van der Waals surface area contributed by atoms with Crippen LogP contribution in [0.25, 0.3) is 22.3 Å². The molecule has 0 aliphatic rings. The highest BCUT2D eigenvalue weighted by Gasteiger charge is 2.22. The van der Waals surface area contributed by atoms with E-state index in [2.05, 4.69) is 5.32 Å². The first-order chi connectivity index (χ1) is 12.0. The van der Waals surface area contributed by atoms with E-state index in [9.17, 15) is 13.6 Å². The number of halogens is 2. The highest BCUT2D eigenvalue weighted by Crippen LogP contribution is 2.36. The van der Waals surface area contributed by atoms with Crippen molar-refractivity contribution in [3.8, 4) is 22.3 Å². The van der Waals surface area contributed by atoms with Gasteiger partial charge in [-0.2, -0.15) is 0 Å². The Morgan fingerprint density at radius 3 is 2.12 bits per heavy atom. The molecule has 2 nitrogen and oxygen atoms in total. The molecule has 0 aromatic heterocycles. The lowest BCUT2D eigenvalue weighted by Crippen LogP contribution is -2.21. The second-order valence-electron chi connectivity index (χ2n) is 5.71. The molecule has 0 aliphatic carbocycles. The fourth-order valence-corrected chi connectivity index (χ4v) is 2.92. The summed E-state index contributed by atoms with van der Waals surface area (Å²) < 4.78 is 29.1. The minimum atomic E-state index is -0.875. The first-order valence-electron chi connectivity index (χ1n) is 7.90. The fourth-order valence-electron chi connectivity index (χ4n) is 2.92. The van der Waals surface area contributed by atoms with Gasteiger partial charge in [0.1, 0.15) is 17.2 Å². The van der Waals surface area contributed by atoms with Crippen molar-refractivity contribution >= 4 is 5.91 Å². The van der Waals surface area contributed by atoms with Crippen LogP contribution in [0, 0.1) is 18.6 Å². The zero-order valence-electron chi connectivity index (χ0n) is 13.9. The van der Waals surface area contributed by atoms with Crippen LogP contribution in [0.4, 0.5) is 8.78 Å². The number of amides is 1. The lowest BCUT2D eigenvalue weighted by molar-refractivity contribution is 0.0954. The first-order valence-corrected chi connectivity index (χ1v) is 7.90. The predicted molar refractivity (Wildman–Crippen MR) is 95.4 cm³/mol. The molecular weight excluding hydrogens is 320 g/mol. The van der Waals surface area contributed by atoms with Crippen LogP contribution in [0.2, 0.25) is 0 Å². The van der Waals surface area contributed by atoms with Crippen LogP contribution in [0.1, 0.15) is 15.9 Å². The summed E-state index contributed by atoms with van der Waals surface area (Å²) in [5.74, 6) is -2.49. The summed E-state index contributed by atoms with van der Waals surface area (Å²) in [6.45, 7) is 1.55. The smallest absolute Gasteiger partial charge is 0.257 e. The van der Waals surface area contributed by atoms with Gasteiger partial charge in [0.25, 0.3) is 5.91 Å². The van der Waals surface area contributed by atoms with E-state index >= 15 is 0 Å². The summed E-state index contributed by atoms with van der Waals surface area (Å²) >= 11 is 0. The maximum atomic E-state index is 14.7. The van der Waals surface area contributed by atoms with Crippen molar-refractivity contribution in [2.45, 2.75) is 6.92 Å². The van der Waals surface area contributed by atoms with Crippen molar-refractivity contribution in [2.24, 2.45) is 0 Å². The largest absolute Gasteiger partial charge is 0.355 e. The Balaban J connectivity index is 2.24. The maximum absolute atomic E-state index is 14.7. The number of rotatable bonds is 3. The van der Waals surface area contributed by atoms with E-state index in [1.165, 1.54) is 13.1 Å². The van der Waals surface area contributed by atoms with Crippen LogP contribution in [-0.4, -0.2) is 13.0 Å². The Kier molecular flexibility index (Phi) is 4.61. The van der Waals surface area contributed by atoms with Crippen molar-refractivity contribution in [3.05, 3.63) is 83.4 Å². The Bertz CT molecular complexity index is 936. The van der Waals surface area contributed by atoms with Crippen LogP contribution in [0.15, 0.2) is 60.7 Å². The van der Waals surface area contributed by atoms with Crippen LogP contribution >= 0.6 is 0 Å². The van der Waals surface area contributed by atoms with Gasteiger partial charge >= 0.3 is 0 Å². The molecule has 3 rings (SSSR count). The molecule has 0 spiro atoms. The molecule has 3 aromatic rings. The van der Waals surface area contributed by atoms with Crippen LogP contribution < -0.4 is 5.32 Å². The highest BCUT2D eigenvalue weighted by atomic mass is 19.1. The van der Waals surface area contributed by atoms with E-state index in [-0.39, 0.29) is 5.56 Å². The predicted octanol–water partition coefficient (Wildman–Crippen LogP) is 4.97. The SMILES string of the molecule is CNC(=O)c1c(F)cc(-c2ccccc2-c2ccccc2)c(C)c1F. The van der Waals surface area contributed by atoms with Crippen molar-refractivity contribution < 1.29 is 13.6 Å². The zero-order chi connectivity index (χ0) is 18.0. The van der Waals surface area contributed by atoms with Gasteiger partial charge in [-0.25, -0.2) is 8.78 Å². The van der Waals surface area contributed by atoms with E-state index in [0.29, 0.717) is 11.1 Å². The van der Waals surface area contributed by atoms with Crippen molar-refractivity contribution in [2.75, 3.05) is 7.05 Å². The zero-order valence-corrected chi connectivity index (χ0v) is 13.9. The number of carbonyl (C=O) groups excluding carboxylic acids is 1. The Hall–Kier alpha value is -3.01. The summed E-state index contributed by atoms with van der Waals surface area (Å²) in [7, 11) is 1.34.